The maximum atomic E-state index is 13.3. The lowest BCUT2D eigenvalue weighted by atomic mass is 9.92. The maximum Gasteiger partial charge on any atom is 0.417 e. The van der Waals surface area contributed by atoms with Gasteiger partial charge in [-0.15, -0.1) is 0 Å². The second-order valence-electron chi connectivity index (χ2n) is 11.5. The van der Waals surface area contributed by atoms with E-state index in [1.807, 2.05) is 61.5 Å². The number of nitrogens with one attached hydrogen (secondary N) is 2. The van der Waals surface area contributed by atoms with E-state index in [4.69, 9.17) is 9.84 Å². The highest BCUT2D eigenvalue weighted by atomic mass is 16.5. The predicted octanol–water partition coefficient (Wildman–Crippen LogP) is 8.48. The summed E-state index contributed by atoms with van der Waals surface area (Å²) in [5.74, 6) is 1.62. The Morgan fingerprint density at radius 1 is 0.955 bits per heavy atom. The number of anilines is 3. The summed E-state index contributed by atoms with van der Waals surface area (Å²) in [6, 6.07) is 23.6. The molecule has 3 N–H and O–H groups in total. The number of carbonyl (C=O) groups is 2. The number of benzene rings is 3. The number of carbonyl (C=O) groups excluding carboxylic acids is 1. The van der Waals surface area contributed by atoms with Gasteiger partial charge in [-0.3, -0.25) is 5.32 Å². The first kappa shape index (κ1) is 29.8. The van der Waals surface area contributed by atoms with Crippen molar-refractivity contribution in [1.29, 1.82) is 0 Å². The molecule has 3 aromatic carbocycles. The lowest BCUT2D eigenvalue weighted by Gasteiger charge is -2.18. The molecule has 5 rings (SSSR count). The number of ether oxygens (including phenoxy) is 1. The second kappa shape index (κ2) is 11.9. The van der Waals surface area contributed by atoms with Crippen LogP contribution >= 0.6 is 0 Å². The van der Waals surface area contributed by atoms with Crippen molar-refractivity contribution in [2.24, 2.45) is 0 Å². The minimum Gasteiger partial charge on any atom is -0.464 e. The largest absolute Gasteiger partial charge is 0.464 e. The molecule has 44 heavy (non-hydrogen) atoms. The molecule has 0 unspecified atom stereocenters. The number of aromatic nitrogens is 3. The molecule has 5 aromatic rings. The molecule has 0 saturated heterocycles. The third kappa shape index (κ3) is 6.39. The number of pyridine rings is 1. The molecule has 0 spiro atoms. The number of aryl methyl sites for hydroxylation is 1. The fourth-order valence-corrected chi connectivity index (χ4v) is 4.63. The van der Waals surface area contributed by atoms with Crippen molar-refractivity contribution < 1.29 is 19.4 Å². The van der Waals surface area contributed by atoms with Gasteiger partial charge in [-0.2, -0.15) is 5.10 Å². The SMILES string of the molecule is C=C(C)N(C(=O)O)c1cc(Oc2ccc(NC(=O)Nc3cc(C(C)(C)C)nn3-c3ccc(C)cc3)c3ccccc23)ccn1. The second-order valence-corrected chi connectivity index (χ2v) is 11.5. The van der Waals surface area contributed by atoms with E-state index >= 15 is 0 Å². The van der Waals surface area contributed by atoms with Crippen LogP contribution in [0.2, 0.25) is 0 Å². The quantitative estimate of drug-likeness (QED) is 0.175. The van der Waals surface area contributed by atoms with Gasteiger partial charge in [0.1, 0.15) is 23.1 Å². The summed E-state index contributed by atoms with van der Waals surface area (Å²) < 4.78 is 7.91. The van der Waals surface area contributed by atoms with Crippen molar-refractivity contribution in [3.05, 3.63) is 109 Å². The molecule has 0 fully saturated rings. The van der Waals surface area contributed by atoms with Crippen LogP contribution in [0.25, 0.3) is 16.5 Å². The van der Waals surface area contributed by atoms with Crippen LogP contribution in [0.3, 0.4) is 0 Å². The van der Waals surface area contributed by atoms with Gasteiger partial charge in [0.05, 0.1) is 17.1 Å². The van der Waals surface area contributed by atoms with Crippen molar-refractivity contribution in [3.63, 3.8) is 0 Å². The molecule has 0 bridgehead atoms. The predicted molar refractivity (Wildman–Crippen MR) is 173 cm³/mol. The number of rotatable bonds is 7. The lowest BCUT2D eigenvalue weighted by Crippen LogP contribution is -2.27. The summed E-state index contributed by atoms with van der Waals surface area (Å²) in [7, 11) is 0. The van der Waals surface area contributed by atoms with E-state index in [0.717, 1.165) is 32.6 Å². The van der Waals surface area contributed by atoms with Crippen molar-refractivity contribution in [2.75, 3.05) is 15.5 Å². The van der Waals surface area contributed by atoms with Crippen LogP contribution in [-0.4, -0.2) is 32.0 Å². The van der Waals surface area contributed by atoms with Crippen LogP contribution in [0.4, 0.5) is 26.9 Å². The van der Waals surface area contributed by atoms with Gasteiger partial charge in [0.25, 0.3) is 0 Å². The fourth-order valence-electron chi connectivity index (χ4n) is 4.63. The van der Waals surface area contributed by atoms with Gasteiger partial charge in [0, 0.05) is 40.2 Å². The number of allylic oxidation sites excluding steroid dienone is 1. The van der Waals surface area contributed by atoms with Crippen LogP contribution in [0.5, 0.6) is 11.5 Å². The molecule has 0 aliphatic heterocycles. The minimum absolute atomic E-state index is 0.168. The van der Waals surface area contributed by atoms with Crippen LogP contribution < -0.4 is 20.3 Å². The van der Waals surface area contributed by atoms with Crippen LogP contribution in [0, 0.1) is 6.92 Å². The smallest absolute Gasteiger partial charge is 0.417 e. The summed E-state index contributed by atoms with van der Waals surface area (Å²) in [6.07, 6.45) is 0.274. The highest BCUT2D eigenvalue weighted by Crippen LogP contribution is 2.35. The van der Waals surface area contributed by atoms with E-state index in [-0.39, 0.29) is 11.2 Å². The van der Waals surface area contributed by atoms with Crippen LogP contribution in [0.15, 0.2) is 97.3 Å². The molecule has 0 radical (unpaired) electrons. The van der Waals surface area contributed by atoms with E-state index in [9.17, 15) is 14.7 Å². The Labute approximate surface area is 255 Å². The molecule has 0 aliphatic carbocycles. The summed E-state index contributed by atoms with van der Waals surface area (Å²) in [6.45, 7) is 13.5. The Bertz CT molecular complexity index is 1860. The molecule has 0 saturated carbocycles. The third-order valence-corrected chi connectivity index (χ3v) is 6.88. The molecule has 224 valence electrons. The zero-order valence-corrected chi connectivity index (χ0v) is 25.3. The Morgan fingerprint density at radius 3 is 2.32 bits per heavy atom. The molecular formula is C34H34N6O4. The zero-order chi connectivity index (χ0) is 31.6. The van der Waals surface area contributed by atoms with E-state index in [1.54, 1.807) is 29.8 Å². The summed E-state index contributed by atoms with van der Waals surface area (Å²) in [4.78, 5) is 30.2. The zero-order valence-electron chi connectivity index (χ0n) is 25.3. The van der Waals surface area contributed by atoms with Gasteiger partial charge in [-0.05, 0) is 44.2 Å². The first-order valence-corrected chi connectivity index (χ1v) is 14.0. The van der Waals surface area contributed by atoms with Gasteiger partial charge >= 0.3 is 12.1 Å². The van der Waals surface area contributed by atoms with Gasteiger partial charge in [-0.25, -0.2) is 24.2 Å². The summed E-state index contributed by atoms with van der Waals surface area (Å²) in [5, 5.41) is 21.8. The lowest BCUT2D eigenvalue weighted by molar-refractivity contribution is 0.203. The monoisotopic (exact) mass is 590 g/mol. The van der Waals surface area contributed by atoms with Crippen LogP contribution in [0.1, 0.15) is 39.0 Å². The third-order valence-electron chi connectivity index (χ3n) is 6.88. The molecule has 10 heteroatoms. The molecule has 2 heterocycles. The fraction of sp³-hybridized carbons (Fsp3) is 0.176. The first-order chi connectivity index (χ1) is 20.9. The first-order valence-electron chi connectivity index (χ1n) is 14.0. The van der Waals surface area contributed by atoms with Gasteiger partial charge in [0.15, 0.2) is 0 Å². The molecule has 0 atom stereocenters. The number of nitrogens with zero attached hydrogens (tertiary/aromatic N) is 4. The Balaban J connectivity index is 1.41. The topological polar surface area (TPSA) is 122 Å². The van der Waals surface area contributed by atoms with E-state index in [0.29, 0.717) is 28.7 Å². The number of hydrogen-bond acceptors (Lipinski definition) is 5. The number of amides is 3. The number of carboxylic acid groups (broad SMARTS) is 1. The Hall–Kier alpha value is -5.64. The average molecular weight is 591 g/mol. The van der Waals surface area contributed by atoms with Gasteiger partial charge in [-0.1, -0.05) is 69.3 Å². The highest BCUT2D eigenvalue weighted by molar-refractivity contribution is 6.07. The Kier molecular flexibility index (Phi) is 8.09. The normalized spacial score (nSPS) is 11.2. The number of urea groups is 1. The van der Waals surface area contributed by atoms with Gasteiger partial charge < -0.3 is 15.2 Å². The van der Waals surface area contributed by atoms with Crippen molar-refractivity contribution in [3.8, 4) is 17.2 Å². The average Bonchev–Trinajstić information content (AvgIpc) is 3.39. The van der Waals surface area contributed by atoms with E-state index in [1.165, 1.54) is 12.3 Å². The molecule has 2 aromatic heterocycles. The van der Waals surface area contributed by atoms with Crippen LogP contribution in [-0.2, 0) is 5.41 Å². The Morgan fingerprint density at radius 2 is 1.66 bits per heavy atom. The van der Waals surface area contributed by atoms with Crippen molar-refractivity contribution in [1.82, 2.24) is 14.8 Å². The summed E-state index contributed by atoms with van der Waals surface area (Å²) >= 11 is 0. The molecule has 10 nitrogen and oxygen atoms in total. The van der Waals surface area contributed by atoms with E-state index in [2.05, 4.69) is 43.0 Å². The summed E-state index contributed by atoms with van der Waals surface area (Å²) in [5.41, 5.74) is 3.47. The number of fused-ring (bicyclic) bond motifs is 1. The van der Waals surface area contributed by atoms with Gasteiger partial charge in [0.2, 0.25) is 0 Å². The highest BCUT2D eigenvalue weighted by Gasteiger charge is 2.22. The molecule has 3 amide bonds. The standard InChI is InChI=1S/C34H34N6O4/c1-21(2)39(33(42)43)30-19-24(17-18-35-30)44-28-16-15-27(25-9-7-8-10-26(25)28)36-32(41)37-31-20-29(34(4,5)6)38-40(31)23-13-11-22(3)12-14-23/h7-20H,1H2,2-6H3,(H,42,43)(H2,36,37,41). The van der Waals surface area contributed by atoms with Crippen molar-refractivity contribution in [2.45, 2.75) is 40.0 Å². The molecule has 0 aliphatic rings. The minimum atomic E-state index is -1.20. The molecular weight excluding hydrogens is 556 g/mol. The maximum absolute atomic E-state index is 13.3. The van der Waals surface area contributed by atoms with Crippen molar-refractivity contribution >= 4 is 40.2 Å². The number of hydrogen-bond donors (Lipinski definition) is 3. The van der Waals surface area contributed by atoms with E-state index < -0.39 is 12.1 Å².